The van der Waals surface area contributed by atoms with Gasteiger partial charge in [-0.1, -0.05) is 18.2 Å². The van der Waals surface area contributed by atoms with Crippen molar-refractivity contribution in [3.8, 4) is 0 Å². The van der Waals surface area contributed by atoms with Crippen molar-refractivity contribution in [3.63, 3.8) is 0 Å². The monoisotopic (exact) mass is 367 g/mol. The van der Waals surface area contributed by atoms with E-state index in [0.717, 1.165) is 29.4 Å². The second kappa shape index (κ2) is 6.57. The van der Waals surface area contributed by atoms with E-state index in [1.54, 1.807) is 16.2 Å². The molecule has 6 nitrogen and oxygen atoms in total. The van der Waals surface area contributed by atoms with Gasteiger partial charge in [0.05, 0.1) is 0 Å². The average molecular weight is 367 g/mol. The lowest BCUT2D eigenvalue weighted by molar-refractivity contribution is -0.117. The second-order valence-corrected chi connectivity index (χ2v) is 7.77. The first-order valence-electron chi connectivity index (χ1n) is 8.54. The van der Waals surface area contributed by atoms with Crippen molar-refractivity contribution < 1.29 is 4.79 Å². The number of thiophene rings is 1. The van der Waals surface area contributed by atoms with Gasteiger partial charge in [-0.25, -0.2) is 0 Å². The van der Waals surface area contributed by atoms with E-state index in [4.69, 9.17) is 0 Å². The predicted octanol–water partition coefficient (Wildman–Crippen LogP) is 2.76. The van der Waals surface area contributed by atoms with Crippen molar-refractivity contribution in [3.05, 3.63) is 57.5 Å². The maximum Gasteiger partial charge on any atom is 0.246 e. The van der Waals surface area contributed by atoms with Crippen LogP contribution in [0.1, 0.15) is 21.8 Å². The molecule has 2 aromatic heterocycles. The Morgan fingerprint density at radius 3 is 2.73 bits per heavy atom. The highest BCUT2D eigenvalue weighted by Crippen LogP contribution is 2.27. The number of likely N-dealkylation sites (N-methyl/N-ethyl adjacent to an activating group) is 1. The highest BCUT2D eigenvalue weighted by atomic mass is 32.1. The summed E-state index contributed by atoms with van der Waals surface area (Å²) in [6, 6.07) is 10.2. The summed E-state index contributed by atoms with van der Waals surface area (Å²) in [4.78, 5) is 17.6. The molecule has 1 amide bonds. The summed E-state index contributed by atoms with van der Waals surface area (Å²) in [5.41, 5.74) is 3.31. The molecule has 1 aromatic carbocycles. The standard InChI is InChI=1S/C19H21N5OS/c1-13-8-14(12-26-13)9-17-20-21-19(23(17)3)24-10-15-6-4-5-7-16(15)22(2)18(25)11-24/h4-8,12H,9-11H2,1-3H3. The molecule has 0 saturated carbocycles. The lowest BCUT2D eigenvalue weighted by atomic mass is 10.1. The molecule has 3 heterocycles. The molecule has 0 bridgehead atoms. The van der Waals surface area contributed by atoms with Gasteiger partial charge >= 0.3 is 0 Å². The van der Waals surface area contributed by atoms with Gasteiger partial charge in [0.1, 0.15) is 12.4 Å². The van der Waals surface area contributed by atoms with Crippen molar-refractivity contribution in [1.82, 2.24) is 14.8 Å². The molecule has 1 aliphatic heterocycles. The zero-order valence-electron chi connectivity index (χ0n) is 15.1. The van der Waals surface area contributed by atoms with Gasteiger partial charge in [-0.05, 0) is 35.6 Å². The van der Waals surface area contributed by atoms with Gasteiger partial charge in [0.2, 0.25) is 11.9 Å². The lowest BCUT2D eigenvalue weighted by Crippen LogP contribution is -2.36. The van der Waals surface area contributed by atoms with E-state index in [2.05, 4.69) is 34.6 Å². The molecule has 0 fully saturated rings. The third-order valence-electron chi connectivity index (χ3n) is 4.79. The Morgan fingerprint density at radius 1 is 1.15 bits per heavy atom. The Bertz CT molecular complexity index is 961. The Balaban J connectivity index is 1.64. The lowest BCUT2D eigenvalue weighted by Gasteiger charge is -2.20. The topological polar surface area (TPSA) is 54.3 Å². The molecule has 0 N–H and O–H groups in total. The molecular formula is C19H21N5OS. The molecule has 134 valence electrons. The van der Waals surface area contributed by atoms with Gasteiger partial charge in [0.25, 0.3) is 0 Å². The molecule has 1 aliphatic rings. The number of carbonyl (C=O) groups is 1. The Hall–Kier alpha value is -2.67. The van der Waals surface area contributed by atoms with Gasteiger partial charge in [-0.3, -0.25) is 4.79 Å². The van der Waals surface area contributed by atoms with Crippen LogP contribution in [0.15, 0.2) is 35.7 Å². The average Bonchev–Trinajstić information content (AvgIpc) is 3.17. The summed E-state index contributed by atoms with van der Waals surface area (Å²) in [7, 11) is 3.79. The van der Waals surface area contributed by atoms with Crippen LogP contribution in [0.2, 0.25) is 0 Å². The number of amides is 1. The van der Waals surface area contributed by atoms with Crippen molar-refractivity contribution in [2.75, 3.05) is 23.4 Å². The second-order valence-electron chi connectivity index (χ2n) is 6.66. The van der Waals surface area contributed by atoms with Crippen molar-refractivity contribution in [2.45, 2.75) is 19.9 Å². The van der Waals surface area contributed by atoms with E-state index < -0.39 is 0 Å². The number of nitrogens with zero attached hydrogens (tertiary/aromatic N) is 5. The normalized spacial score (nSPS) is 14.5. The number of benzene rings is 1. The van der Waals surface area contributed by atoms with E-state index in [1.807, 2.05) is 41.8 Å². The highest BCUT2D eigenvalue weighted by molar-refractivity contribution is 7.10. The van der Waals surface area contributed by atoms with E-state index in [-0.39, 0.29) is 12.5 Å². The van der Waals surface area contributed by atoms with Crippen LogP contribution in [-0.2, 0) is 24.8 Å². The number of para-hydroxylation sites is 1. The zero-order chi connectivity index (χ0) is 18.3. The molecule has 26 heavy (non-hydrogen) atoms. The van der Waals surface area contributed by atoms with Gasteiger partial charge in [0.15, 0.2) is 0 Å². The highest BCUT2D eigenvalue weighted by Gasteiger charge is 2.26. The molecule has 7 heteroatoms. The Labute approximate surface area is 156 Å². The molecule has 0 spiro atoms. The summed E-state index contributed by atoms with van der Waals surface area (Å²) in [6.45, 7) is 3.03. The van der Waals surface area contributed by atoms with Crippen LogP contribution in [0.4, 0.5) is 11.6 Å². The summed E-state index contributed by atoms with van der Waals surface area (Å²) in [5.74, 6) is 1.68. The van der Waals surface area contributed by atoms with Crippen LogP contribution in [-0.4, -0.2) is 34.3 Å². The van der Waals surface area contributed by atoms with Gasteiger partial charge in [-0.15, -0.1) is 21.5 Å². The van der Waals surface area contributed by atoms with Crippen LogP contribution in [0.5, 0.6) is 0 Å². The number of fused-ring (bicyclic) bond motifs is 1. The van der Waals surface area contributed by atoms with Crippen LogP contribution in [0, 0.1) is 6.92 Å². The number of aromatic nitrogens is 3. The van der Waals surface area contributed by atoms with E-state index >= 15 is 0 Å². The first-order chi connectivity index (χ1) is 12.5. The number of carbonyl (C=O) groups excluding carboxylic acids is 1. The maximum absolute atomic E-state index is 12.6. The summed E-state index contributed by atoms with van der Waals surface area (Å²) in [6.07, 6.45) is 0.742. The predicted molar refractivity (Wildman–Crippen MR) is 104 cm³/mol. The SMILES string of the molecule is Cc1cc(Cc2nnc(N3CC(=O)N(C)c4ccccc4C3)n2C)cs1. The van der Waals surface area contributed by atoms with Crippen molar-refractivity contribution in [1.29, 1.82) is 0 Å². The number of hydrogen-bond acceptors (Lipinski definition) is 5. The summed E-state index contributed by atoms with van der Waals surface area (Å²) < 4.78 is 1.99. The number of hydrogen-bond donors (Lipinski definition) is 0. The van der Waals surface area contributed by atoms with Gasteiger partial charge in [0, 0.05) is 37.6 Å². The largest absolute Gasteiger partial charge is 0.327 e. The van der Waals surface area contributed by atoms with Gasteiger partial charge < -0.3 is 14.4 Å². The first kappa shape index (κ1) is 16.8. The Morgan fingerprint density at radius 2 is 1.96 bits per heavy atom. The molecule has 0 unspecified atom stereocenters. The van der Waals surface area contributed by atoms with E-state index in [0.29, 0.717) is 6.54 Å². The molecule has 4 rings (SSSR count). The van der Waals surface area contributed by atoms with Crippen molar-refractivity contribution in [2.24, 2.45) is 7.05 Å². The first-order valence-corrected chi connectivity index (χ1v) is 9.42. The minimum absolute atomic E-state index is 0.0490. The molecule has 0 radical (unpaired) electrons. The van der Waals surface area contributed by atoms with Crippen LogP contribution < -0.4 is 9.80 Å². The van der Waals surface area contributed by atoms with Gasteiger partial charge in [-0.2, -0.15) is 0 Å². The molecule has 0 atom stereocenters. The smallest absolute Gasteiger partial charge is 0.246 e. The van der Waals surface area contributed by atoms with Crippen LogP contribution in [0.25, 0.3) is 0 Å². The Kier molecular flexibility index (Phi) is 4.24. The van der Waals surface area contributed by atoms with Crippen LogP contribution >= 0.6 is 11.3 Å². The molecule has 3 aromatic rings. The zero-order valence-corrected chi connectivity index (χ0v) is 16.0. The van der Waals surface area contributed by atoms with E-state index in [1.165, 1.54) is 10.4 Å². The van der Waals surface area contributed by atoms with Crippen LogP contribution in [0.3, 0.4) is 0 Å². The number of rotatable bonds is 3. The molecular weight excluding hydrogens is 346 g/mol. The maximum atomic E-state index is 12.6. The fourth-order valence-corrected chi connectivity index (χ4v) is 4.04. The third kappa shape index (κ3) is 2.99. The van der Waals surface area contributed by atoms with E-state index in [9.17, 15) is 4.79 Å². The fraction of sp³-hybridized carbons (Fsp3) is 0.316. The van der Waals surface area contributed by atoms with Crippen molar-refractivity contribution >= 4 is 28.9 Å². The minimum Gasteiger partial charge on any atom is -0.327 e. The minimum atomic E-state index is 0.0490. The summed E-state index contributed by atoms with van der Waals surface area (Å²) >= 11 is 1.74. The fourth-order valence-electron chi connectivity index (χ4n) is 3.33. The molecule has 0 saturated heterocycles. The third-order valence-corrected chi connectivity index (χ3v) is 5.70. The quantitative estimate of drug-likeness (QED) is 0.714. The molecule has 0 aliphatic carbocycles. The number of aryl methyl sites for hydroxylation is 1. The number of anilines is 2. The summed E-state index contributed by atoms with van der Waals surface area (Å²) in [5, 5.41) is 10.9.